The zero-order valence-corrected chi connectivity index (χ0v) is 10.2. The third-order valence-corrected chi connectivity index (χ3v) is 2.76. The Morgan fingerprint density at radius 1 is 1.50 bits per heavy atom. The smallest absolute Gasteiger partial charge is 0.463 e. The van der Waals surface area contributed by atoms with Crippen LogP contribution < -0.4 is 0 Å². The standard InChI is InChI=1S/C9H18O6P/c1-2-8(11)7-15-16(13)6-3-9(12)14-5-4-10/h8,10-11H,2-7H2,1H3/q+1. The van der Waals surface area contributed by atoms with Crippen LogP contribution in [0.5, 0.6) is 0 Å². The van der Waals surface area contributed by atoms with Gasteiger partial charge < -0.3 is 14.9 Å². The van der Waals surface area contributed by atoms with Crippen LogP contribution in [0.25, 0.3) is 0 Å². The van der Waals surface area contributed by atoms with Gasteiger partial charge in [0.05, 0.1) is 19.1 Å². The number of aliphatic hydroxyl groups is 2. The van der Waals surface area contributed by atoms with Gasteiger partial charge in [-0.1, -0.05) is 6.92 Å². The Labute approximate surface area is 95.4 Å². The lowest BCUT2D eigenvalue weighted by atomic mass is 10.3. The first-order valence-electron chi connectivity index (χ1n) is 5.12. The van der Waals surface area contributed by atoms with Crippen LogP contribution in [0.2, 0.25) is 0 Å². The molecule has 0 saturated heterocycles. The molecule has 0 amide bonds. The van der Waals surface area contributed by atoms with Crippen molar-refractivity contribution in [1.29, 1.82) is 0 Å². The summed E-state index contributed by atoms with van der Waals surface area (Å²) in [6, 6.07) is 0. The van der Waals surface area contributed by atoms with Crippen molar-refractivity contribution in [3.63, 3.8) is 0 Å². The van der Waals surface area contributed by atoms with Crippen LogP contribution >= 0.6 is 8.03 Å². The summed E-state index contributed by atoms with van der Waals surface area (Å²) in [5.41, 5.74) is 0. The highest BCUT2D eigenvalue weighted by molar-refractivity contribution is 7.39. The van der Waals surface area contributed by atoms with Crippen molar-refractivity contribution in [3.05, 3.63) is 0 Å². The average molecular weight is 253 g/mol. The van der Waals surface area contributed by atoms with Crippen molar-refractivity contribution in [2.45, 2.75) is 25.9 Å². The van der Waals surface area contributed by atoms with E-state index in [4.69, 9.17) is 14.7 Å². The minimum Gasteiger partial charge on any atom is -0.463 e. The first kappa shape index (κ1) is 15.4. The van der Waals surface area contributed by atoms with Crippen molar-refractivity contribution in [2.24, 2.45) is 0 Å². The SMILES string of the molecule is CCC(O)CO[P+](=O)CCC(=O)OCCO. The van der Waals surface area contributed by atoms with E-state index in [0.29, 0.717) is 6.42 Å². The number of rotatable bonds is 9. The predicted molar refractivity (Wildman–Crippen MR) is 57.4 cm³/mol. The summed E-state index contributed by atoms with van der Waals surface area (Å²) < 4.78 is 20.6. The second-order valence-electron chi connectivity index (χ2n) is 3.11. The third kappa shape index (κ3) is 8.73. The number of aliphatic hydroxyl groups excluding tert-OH is 2. The van der Waals surface area contributed by atoms with Crippen molar-refractivity contribution < 1.29 is 28.8 Å². The molecule has 2 atom stereocenters. The second-order valence-corrected chi connectivity index (χ2v) is 4.48. The number of hydrogen-bond acceptors (Lipinski definition) is 6. The normalized spacial score (nSPS) is 13.3. The number of ether oxygens (including phenoxy) is 1. The van der Waals surface area contributed by atoms with E-state index in [1.54, 1.807) is 6.92 Å². The Hall–Kier alpha value is -0.550. The summed E-state index contributed by atoms with van der Waals surface area (Å²) in [5, 5.41) is 17.5. The molecule has 0 fully saturated rings. The van der Waals surface area contributed by atoms with Crippen LogP contribution in [0.4, 0.5) is 0 Å². The summed E-state index contributed by atoms with van der Waals surface area (Å²) in [6.45, 7) is 1.52. The maximum Gasteiger partial charge on any atom is 0.508 e. The zero-order chi connectivity index (χ0) is 12.4. The van der Waals surface area contributed by atoms with Crippen molar-refractivity contribution in [1.82, 2.24) is 0 Å². The molecule has 0 heterocycles. The maximum absolute atomic E-state index is 11.2. The molecule has 0 bridgehead atoms. The van der Waals surface area contributed by atoms with Crippen LogP contribution in [0.3, 0.4) is 0 Å². The summed E-state index contributed by atoms with van der Waals surface area (Å²) in [4.78, 5) is 10.9. The van der Waals surface area contributed by atoms with Gasteiger partial charge in [-0.25, -0.2) is 0 Å². The Kier molecular flexibility index (Phi) is 9.33. The molecule has 0 aliphatic heterocycles. The molecule has 2 N–H and O–H groups in total. The highest BCUT2D eigenvalue weighted by atomic mass is 31.1. The average Bonchev–Trinajstić information content (AvgIpc) is 2.30. The van der Waals surface area contributed by atoms with Crippen LogP contribution in [-0.2, 0) is 18.6 Å². The highest BCUT2D eigenvalue weighted by Crippen LogP contribution is 2.23. The first-order valence-corrected chi connectivity index (χ1v) is 6.48. The van der Waals surface area contributed by atoms with E-state index >= 15 is 0 Å². The molecule has 0 aromatic heterocycles. The van der Waals surface area contributed by atoms with E-state index in [0.717, 1.165) is 0 Å². The largest absolute Gasteiger partial charge is 0.508 e. The van der Waals surface area contributed by atoms with Gasteiger partial charge in [-0.05, 0) is 11.0 Å². The van der Waals surface area contributed by atoms with Gasteiger partial charge >= 0.3 is 14.0 Å². The highest BCUT2D eigenvalue weighted by Gasteiger charge is 2.21. The molecule has 7 heteroatoms. The molecule has 0 spiro atoms. The monoisotopic (exact) mass is 253 g/mol. The minimum absolute atomic E-state index is 0.0113. The van der Waals surface area contributed by atoms with Crippen molar-refractivity contribution in [3.8, 4) is 0 Å². The van der Waals surface area contributed by atoms with Gasteiger partial charge in [-0.2, -0.15) is 0 Å². The van der Waals surface area contributed by atoms with E-state index in [1.807, 2.05) is 0 Å². The molecular weight excluding hydrogens is 235 g/mol. The molecule has 6 nitrogen and oxygen atoms in total. The van der Waals surface area contributed by atoms with Gasteiger partial charge in [-0.15, -0.1) is 4.52 Å². The van der Waals surface area contributed by atoms with Gasteiger partial charge in [0.1, 0.15) is 13.2 Å². The number of carbonyl (C=O) groups excluding carboxylic acids is 1. The number of esters is 1. The van der Waals surface area contributed by atoms with Crippen molar-refractivity contribution in [2.75, 3.05) is 26.0 Å². The third-order valence-electron chi connectivity index (χ3n) is 1.74. The van der Waals surface area contributed by atoms with Gasteiger partial charge in [0.25, 0.3) is 0 Å². The van der Waals surface area contributed by atoms with E-state index < -0.39 is 20.1 Å². The molecule has 0 aromatic rings. The van der Waals surface area contributed by atoms with Crippen molar-refractivity contribution >= 4 is 14.0 Å². The Balaban J connectivity index is 3.53. The second kappa shape index (κ2) is 9.66. The van der Waals surface area contributed by atoms with Gasteiger partial charge in [0.2, 0.25) is 0 Å². The predicted octanol–water partition coefficient (Wildman–Crippen LogP) is 0.442. The molecule has 94 valence electrons. The topological polar surface area (TPSA) is 93.1 Å². The fourth-order valence-electron chi connectivity index (χ4n) is 0.766. The summed E-state index contributed by atoms with van der Waals surface area (Å²) in [6.07, 6.45) is -0.0462. The Morgan fingerprint density at radius 2 is 2.19 bits per heavy atom. The first-order chi connectivity index (χ1) is 7.60. The quantitative estimate of drug-likeness (QED) is 0.457. The van der Waals surface area contributed by atoms with E-state index in [-0.39, 0.29) is 32.4 Å². The molecule has 0 rings (SSSR count). The molecular formula is C9H18O6P+. The summed E-state index contributed by atoms with van der Waals surface area (Å²) in [7, 11) is -1.94. The fourth-order valence-corrected chi connectivity index (χ4v) is 1.60. The van der Waals surface area contributed by atoms with Gasteiger partial charge in [-0.3, -0.25) is 4.79 Å². The molecule has 0 radical (unpaired) electrons. The van der Waals surface area contributed by atoms with Crippen LogP contribution in [0.1, 0.15) is 19.8 Å². The summed E-state index contributed by atoms with van der Waals surface area (Å²) >= 11 is 0. The van der Waals surface area contributed by atoms with Gasteiger partial charge in [0.15, 0.2) is 6.16 Å². The zero-order valence-electron chi connectivity index (χ0n) is 9.29. The lowest BCUT2D eigenvalue weighted by Crippen LogP contribution is -2.12. The molecule has 0 aliphatic rings. The fraction of sp³-hybridized carbons (Fsp3) is 0.889. The molecule has 16 heavy (non-hydrogen) atoms. The molecule has 0 saturated carbocycles. The molecule has 2 unspecified atom stereocenters. The van der Waals surface area contributed by atoms with E-state index in [9.17, 15) is 9.36 Å². The molecule has 0 aliphatic carbocycles. The van der Waals surface area contributed by atoms with Gasteiger partial charge in [0, 0.05) is 0 Å². The Bertz CT molecular complexity index is 220. The summed E-state index contributed by atoms with van der Waals surface area (Å²) in [5.74, 6) is -0.517. The minimum atomic E-state index is -1.94. The van der Waals surface area contributed by atoms with E-state index in [2.05, 4.69) is 4.74 Å². The molecule has 0 aromatic carbocycles. The lowest BCUT2D eigenvalue weighted by Gasteiger charge is -2.01. The lowest BCUT2D eigenvalue weighted by molar-refractivity contribution is -0.144. The van der Waals surface area contributed by atoms with Crippen LogP contribution in [0.15, 0.2) is 0 Å². The van der Waals surface area contributed by atoms with Crippen LogP contribution in [-0.4, -0.2) is 48.3 Å². The Morgan fingerprint density at radius 3 is 2.75 bits per heavy atom. The number of hydrogen-bond donors (Lipinski definition) is 2. The number of carbonyl (C=O) groups is 1. The van der Waals surface area contributed by atoms with Crippen LogP contribution in [0, 0.1) is 0 Å². The van der Waals surface area contributed by atoms with E-state index in [1.165, 1.54) is 0 Å². The maximum atomic E-state index is 11.2.